The summed E-state index contributed by atoms with van der Waals surface area (Å²) in [5, 5.41) is 0. The molecule has 1 aliphatic heterocycles. The van der Waals surface area contributed by atoms with Gasteiger partial charge in [0.25, 0.3) is 0 Å². The van der Waals surface area contributed by atoms with E-state index in [4.69, 9.17) is 27.8 Å². The van der Waals surface area contributed by atoms with Gasteiger partial charge in [0.15, 0.2) is 6.29 Å². The maximum Gasteiger partial charge on any atom is 0.477 e. The number of ketones is 1. The molecule has 0 bridgehead atoms. The van der Waals surface area contributed by atoms with Gasteiger partial charge in [0.2, 0.25) is 0 Å². The van der Waals surface area contributed by atoms with Crippen LogP contribution in [0.25, 0.3) is 0 Å². The Morgan fingerprint density at radius 1 is 0.846 bits per heavy atom. The van der Waals surface area contributed by atoms with Gasteiger partial charge in [-0.2, -0.15) is 0 Å². The Morgan fingerprint density at radius 2 is 1.38 bits per heavy atom. The van der Waals surface area contributed by atoms with E-state index in [2.05, 4.69) is 0 Å². The maximum absolute atomic E-state index is 14.0. The van der Waals surface area contributed by atoms with E-state index >= 15 is 0 Å². The van der Waals surface area contributed by atoms with Crippen molar-refractivity contribution in [3.8, 4) is 0 Å². The first-order valence-electron chi connectivity index (χ1n) is 12.7. The van der Waals surface area contributed by atoms with E-state index in [-0.39, 0.29) is 32.0 Å². The quantitative estimate of drug-likeness (QED) is 0.243. The fraction of sp³-hybridized carbons (Fsp3) is 0.464. The fourth-order valence-electron chi connectivity index (χ4n) is 4.29. The Labute approximate surface area is 228 Å². The Bertz CT molecular complexity index is 1090. The normalized spacial score (nSPS) is 23.1. The van der Waals surface area contributed by atoms with Crippen LogP contribution in [-0.2, 0) is 59.9 Å². The van der Waals surface area contributed by atoms with E-state index < -0.39 is 50.1 Å². The van der Waals surface area contributed by atoms with Crippen molar-refractivity contribution >= 4 is 25.5 Å². The maximum atomic E-state index is 14.0. The SMILES string of the molecule is CC(=O)CC1C(OP(=O)(OCc2ccccc2)OCc2ccccc2)OC(COC(C)=O)C(OC(C)=O)C1C. The highest BCUT2D eigenvalue weighted by atomic mass is 31.2. The van der Waals surface area contributed by atoms with Crippen molar-refractivity contribution in [2.24, 2.45) is 11.8 Å². The monoisotopic (exact) mass is 562 g/mol. The molecule has 1 heterocycles. The predicted octanol–water partition coefficient (Wildman–Crippen LogP) is 5.00. The van der Waals surface area contributed by atoms with Crippen LogP contribution in [0.2, 0.25) is 0 Å². The summed E-state index contributed by atoms with van der Waals surface area (Å²) in [4.78, 5) is 35.6. The highest BCUT2D eigenvalue weighted by Gasteiger charge is 2.49. The third-order valence-electron chi connectivity index (χ3n) is 6.19. The van der Waals surface area contributed by atoms with Gasteiger partial charge in [0, 0.05) is 32.1 Å². The molecule has 3 rings (SSSR count). The van der Waals surface area contributed by atoms with Gasteiger partial charge in [-0.3, -0.25) is 23.2 Å². The van der Waals surface area contributed by atoms with Crippen LogP contribution >= 0.6 is 7.82 Å². The number of carbonyl (C=O) groups excluding carboxylic acids is 3. The lowest BCUT2D eigenvalue weighted by Gasteiger charge is -2.44. The molecular weight excluding hydrogens is 527 g/mol. The van der Waals surface area contributed by atoms with Crippen LogP contribution in [-0.4, -0.2) is 42.8 Å². The zero-order valence-corrected chi connectivity index (χ0v) is 23.4. The van der Waals surface area contributed by atoms with Gasteiger partial charge < -0.3 is 19.0 Å². The number of esters is 2. The predicted molar refractivity (Wildman–Crippen MR) is 140 cm³/mol. The zero-order chi connectivity index (χ0) is 28.4. The van der Waals surface area contributed by atoms with Crippen molar-refractivity contribution in [1.29, 1.82) is 0 Å². The first kappa shape index (κ1) is 30.7. The number of rotatable bonds is 13. The smallest absolute Gasteiger partial charge is 0.463 e. The van der Waals surface area contributed by atoms with E-state index in [1.54, 1.807) is 31.2 Å². The van der Waals surface area contributed by atoms with Gasteiger partial charge >= 0.3 is 19.8 Å². The average molecular weight is 563 g/mol. The van der Waals surface area contributed by atoms with Crippen LogP contribution in [0, 0.1) is 11.8 Å². The third kappa shape index (κ3) is 9.67. The number of hydrogen-bond acceptors (Lipinski definition) is 10. The van der Waals surface area contributed by atoms with Crippen molar-refractivity contribution in [3.05, 3.63) is 71.8 Å². The number of carbonyl (C=O) groups is 3. The highest BCUT2D eigenvalue weighted by molar-refractivity contribution is 7.48. The Morgan fingerprint density at radius 3 is 1.85 bits per heavy atom. The van der Waals surface area contributed by atoms with Crippen molar-refractivity contribution in [3.63, 3.8) is 0 Å². The van der Waals surface area contributed by atoms with Crippen molar-refractivity contribution in [2.75, 3.05) is 6.61 Å². The summed E-state index contributed by atoms with van der Waals surface area (Å²) >= 11 is 0. The second-order valence-electron chi connectivity index (χ2n) is 9.42. The van der Waals surface area contributed by atoms with E-state index in [9.17, 15) is 18.9 Å². The molecule has 2 aromatic rings. The second-order valence-corrected chi connectivity index (χ2v) is 11.0. The van der Waals surface area contributed by atoms with Gasteiger partial charge in [-0.1, -0.05) is 67.6 Å². The Balaban J connectivity index is 1.89. The molecule has 5 atom stereocenters. The van der Waals surface area contributed by atoms with Crippen molar-refractivity contribution in [1.82, 2.24) is 0 Å². The third-order valence-corrected chi connectivity index (χ3v) is 7.55. The highest BCUT2D eigenvalue weighted by Crippen LogP contribution is 2.54. The summed E-state index contributed by atoms with van der Waals surface area (Å²) in [7, 11) is -4.29. The molecular formula is C28H35O10P. The second kappa shape index (κ2) is 14.5. The lowest BCUT2D eigenvalue weighted by molar-refractivity contribution is -0.256. The summed E-state index contributed by atoms with van der Waals surface area (Å²) in [5.41, 5.74) is 1.48. The molecule has 1 aliphatic rings. The average Bonchev–Trinajstić information content (AvgIpc) is 2.90. The van der Waals surface area contributed by atoms with Gasteiger partial charge in [-0.15, -0.1) is 0 Å². The van der Waals surface area contributed by atoms with Gasteiger partial charge in [0.1, 0.15) is 24.6 Å². The van der Waals surface area contributed by atoms with Crippen LogP contribution in [0.15, 0.2) is 60.7 Å². The number of phosphoric acid groups is 1. The molecule has 0 radical (unpaired) electrons. The molecule has 10 nitrogen and oxygen atoms in total. The summed E-state index contributed by atoms with van der Waals surface area (Å²) < 4.78 is 48.1. The topological polar surface area (TPSA) is 124 Å². The molecule has 0 amide bonds. The summed E-state index contributed by atoms with van der Waals surface area (Å²) in [6.07, 6.45) is -3.06. The summed E-state index contributed by atoms with van der Waals surface area (Å²) in [6.45, 7) is 5.28. The number of hydrogen-bond donors (Lipinski definition) is 0. The van der Waals surface area contributed by atoms with Crippen molar-refractivity contribution in [2.45, 2.75) is 65.8 Å². The minimum atomic E-state index is -4.29. The minimum Gasteiger partial charge on any atom is -0.463 e. The molecule has 1 fully saturated rings. The Hall–Kier alpha value is -2.88. The van der Waals surface area contributed by atoms with E-state index in [0.29, 0.717) is 0 Å². The minimum absolute atomic E-state index is 0.0126. The summed E-state index contributed by atoms with van der Waals surface area (Å²) in [6, 6.07) is 18.2. The molecule has 212 valence electrons. The standard InChI is InChI=1S/C28H35O10P/c1-19(29)15-25-20(2)27(36-22(4)31)26(18-33-21(3)30)37-28(25)38-39(32,34-16-23-11-7-5-8-12-23)35-17-24-13-9-6-10-14-24/h5-14,20,25-28H,15-18H2,1-4H3. The van der Waals surface area contributed by atoms with Crippen LogP contribution in [0.5, 0.6) is 0 Å². The molecule has 0 spiro atoms. The molecule has 11 heteroatoms. The van der Waals surface area contributed by atoms with E-state index in [1.165, 1.54) is 20.8 Å². The fourth-order valence-corrected chi connectivity index (χ4v) is 5.56. The van der Waals surface area contributed by atoms with Crippen LogP contribution in [0.4, 0.5) is 0 Å². The molecule has 0 aliphatic carbocycles. The molecule has 0 saturated carbocycles. The number of phosphoric ester groups is 1. The van der Waals surface area contributed by atoms with E-state index in [0.717, 1.165) is 11.1 Å². The van der Waals surface area contributed by atoms with Gasteiger partial charge in [-0.05, 0) is 18.1 Å². The van der Waals surface area contributed by atoms with E-state index in [1.807, 2.05) is 36.4 Å². The first-order valence-corrected chi connectivity index (χ1v) is 14.1. The van der Waals surface area contributed by atoms with Crippen LogP contribution in [0.3, 0.4) is 0 Å². The zero-order valence-electron chi connectivity index (χ0n) is 22.5. The molecule has 1 saturated heterocycles. The molecule has 2 aromatic carbocycles. The number of ether oxygens (including phenoxy) is 3. The van der Waals surface area contributed by atoms with Gasteiger partial charge in [-0.25, -0.2) is 4.57 Å². The number of benzene rings is 2. The van der Waals surface area contributed by atoms with Crippen molar-refractivity contribution < 1.29 is 46.7 Å². The largest absolute Gasteiger partial charge is 0.477 e. The van der Waals surface area contributed by atoms with Crippen LogP contribution < -0.4 is 0 Å². The van der Waals surface area contributed by atoms with Gasteiger partial charge in [0.05, 0.1) is 13.2 Å². The summed E-state index contributed by atoms with van der Waals surface area (Å²) in [5.74, 6) is -2.45. The molecule has 0 aromatic heterocycles. The lowest BCUT2D eigenvalue weighted by Crippen LogP contribution is -2.54. The molecule has 0 N–H and O–H groups in total. The number of Topliss-reactive ketones (excluding diaryl/α,β-unsaturated/α-hetero) is 1. The lowest BCUT2D eigenvalue weighted by atomic mass is 9.80. The Kier molecular flexibility index (Phi) is 11.4. The van der Waals surface area contributed by atoms with Crippen LogP contribution in [0.1, 0.15) is 45.2 Å². The molecule has 39 heavy (non-hydrogen) atoms. The first-order chi connectivity index (χ1) is 18.6. The molecule has 5 unspecified atom stereocenters.